The number of rotatable bonds is 6. The van der Waals surface area contributed by atoms with Gasteiger partial charge in [-0.15, -0.1) is 0 Å². The summed E-state index contributed by atoms with van der Waals surface area (Å²) in [5.74, 6) is -0.545. The van der Waals surface area contributed by atoms with E-state index in [1.807, 2.05) is 13.8 Å². The molecule has 1 rings (SSSR count). The Hall–Kier alpha value is -1.00. The van der Waals surface area contributed by atoms with Crippen LogP contribution in [0.4, 0.5) is 9.18 Å². The fourth-order valence-electron chi connectivity index (χ4n) is 2.08. The van der Waals surface area contributed by atoms with Crippen LogP contribution in [0.5, 0.6) is 0 Å². The van der Waals surface area contributed by atoms with E-state index in [2.05, 4.69) is 5.32 Å². The number of benzene rings is 1. The summed E-state index contributed by atoms with van der Waals surface area (Å²) in [6, 6.07) is 2.05. The SMILES string of the molecule is CCCN(CCC)C(=O)NC(C)c1cc(F)c(Cl)cc1Cl. The van der Waals surface area contributed by atoms with Gasteiger partial charge in [0.05, 0.1) is 11.1 Å². The third-order valence-electron chi connectivity index (χ3n) is 3.12. The smallest absolute Gasteiger partial charge is 0.317 e. The molecule has 1 N–H and O–H groups in total. The molecular formula is C15H21Cl2FN2O. The van der Waals surface area contributed by atoms with E-state index in [0.29, 0.717) is 23.7 Å². The first kappa shape index (κ1) is 18.1. The summed E-state index contributed by atoms with van der Waals surface area (Å²) in [7, 11) is 0. The van der Waals surface area contributed by atoms with E-state index in [9.17, 15) is 9.18 Å². The summed E-state index contributed by atoms with van der Waals surface area (Å²) in [6.07, 6.45) is 1.77. The monoisotopic (exact) mass is 334 g/mol. The minimum absolute atomic E-state index is 0.0270. The Labute approximate surface area is 135 Å². The molecule has 0 spiro atoms. The van der Waals surface area contributed by atoms with Gasteiger partial charge < -0.3 is 10.2 Å². The Bertz CT molecular complexity index is 491. The first-order valence-electron chi connectivity index (χ1n) is 7.10. The molecule has 0 bridgehead atoms. The highest BCUT2D eigenvalue weighted by molar-refractivity contribution is 6.35. The van der Waals surface area contributed by atoms with Crippen LogP contribution in [0.25, 0.3) is 0 Å². The molecule has 1 aromatic carbocycles. The normalized spacial score (nSPS) is 12.1. The Kier molecular flexibility index (Phi) is 7.26. The van der Waals surface area contributed by atoms with Gasteiger partial charge in [-0.25, -0.2) is 9.18 Å². The highest BCUT2D eigenvalue weighted by atomic mass is 35.5. The van der Waals surface area contributed by atoms with Crippen LogP contribution in [-0.2, 0) is 0 Å². The molecule has 0 aliphatic heterocycles. The largest absolute Gasteiger partial charge is 0.331 e. The van der Waals surface area contributed by atoms with E-state index in [4.69, 9.17) is 23.2 Å². The zero-order chi connectivity index (χ0) is 16.0. The second kappa shape index (κ2) is 8.44. The average molecular weight is 335 g/mol. The second-order valence-corrected chi connectivity index (χ2v) is 5.76. The van der Waals surface area contributed by atoms with Gasteiger partial charge in [0.1, 0.15) is 5.82 Å². The van der Waals surface area contributed by atoms with E-state index in [1.54, 1.807) is 11.8 Å². The van der Waals surface area contributed by atoms with Crippen molar-refractivity contribution in [1.82, 2.24) is 10.2 Å². The number of carbonyl (C=O) groups is 1. The molecular weight excluding hydrogens is 314 g/mol. The van der Waals surface area contributed by atoms with Gasteiger partial charge in [-0.05, 0) is 37.5 Å². The molecule has 0 saturated heterocycles. The standard InChI is InChI=1S/C15H21Cl2FN2O/c1-4-6-20(7-5-2)15(21)19-10(3)11-8-14(18)13(17)9-12(11)16/h8-10H,4-7H2,1-3H3,(H,19,21). The number of carbonyl (C=O) groups excluding carboxylic acids is 1. The summed E-state index contributed by atoms with van der Waals surface area (Å²) < 4.78 is 13.5. The van der Waals surface area contributed by atoms with Crippen LogP contribution in [0.2, 0.25) is 10.0 Å². The lowest BCUT2D eigenvalue weighted by atomic mass is 10.1. The first-order valence-corrected chi connectivity index (χ1v) is 7.86. The van der Waals surface area contributed by atoms with Gasteiger partial charge in [0.15, 0.2) is 0 Å². The Morgan fingerprint density at radius 1 is 1.24 bits per heavy atom. The zero-order valence-corrected chi connectivity index (χ0v) is 14.1. The summed E-state index contributed by atoms with van der Waals surface area (Å²) >= 11 is 11.7. The van der Waals surface area contributed by atoms with Crippen molar-refractivity contribution in [3.8, 4) is 0 Å². The molecule has 0 heterocycles. The van der Waals surface area contributed by atoms with Crippen LogP contribution in [0.1, 0.15) is 45.2 Å². The third kappa shape index (κ3) is 5.04. The van der Waals surface area contributed by atoms with Gasteiger partial charge in [0.25, 0.3) is 0 Å². The molecule has 2 amide bonds. The van der Waals surface area contributed by atoms with Gasteiger partial charge >= 0.3 is 6.03 Å². The van der Waals surface area contributed by atoms with Gasteiger partial charge in [0, 0.05) is 18.1 Å². The number of hydrogen-bond donors (Lipinski definition) is 1. The quantitative estimate of drug-likeness (QED) is 0.727. The van der Waals surface area contributed by atoms with Crippen molar-refractivity contribution in [1.29, 1.82) is 0 Å². The molecule has 1 aromatic rings. The van der Waals surface area contributed by atoms with Crippen LogP contribution >= 0.6 is 23.2 Å². The Morgan fingerprint density at radius 2 is 1.81 bits per heavy atom. The molecule has 118 valence electrons. The van der Waals surface area contributed by atoms with Crippen LogP contribution in [0, 0.1) is 5.82 Å². The van der Waals surface area contributed by atoms with Crippen molar-refractivity contribution in [3.05, 3.63) is 33.6 Å². The van der Waals surface area contributed by atoms with Crippen molar-refractivity contribution in [2.24, 2.45) is 0 Å². The first-order chi connectivity index (χ1) is 9.90. The molecule has 0 aliphatic rings. The third-order valence-corrected chi connectivity index (χ3v) is 3.74. The lowest BCUT2D eigenvalue weighted by molar-refractivity contribution is 0.194. The van der Waals surface area contributed by atoms with Crippen LogP contribution in [-0.4, -0.2) is 24.0 Å². The summed E-state index contributed by atoms with van der Waals surface area (Å²) in [5.41, 5.74) is 0.514. The topological polar surface area (TPSA) is 32.3 Å². The highest BCUT2D eigenvalue weighted by Crippen LogP contribution is 2.28. The van der Waals surface area contributed by atoms with Crippen molar-refractivity contribution >= 4 is 29.2 Å². The molecule has 1 unspecified atom stereocenters. The maximum Gasteiger partial charge on any atom is 0.317 e. The molecule has 0 saturated carbocycles. The molecule has 1 atom stereocenters. The molecule has 21 heavy (non-hydrogen) atoms. The minimum atomic E-state index is -0.545. The molecule has 0 aromatic heterocycles. The van der Waals surface area contributed by atoms with Crippen molar-refractivity contribution in [3.63, 3.8) is 0 Å². The molecule has 3 nitrogen and oxygen atoms in total. The van der Waals surface area contributed by atoms with E-state index in [1.165, 1.54) is 12.1 Å². The maximum atomic E-state index is 13.5. The van der Waals surface area contributed by atoms with Gasteiger partial charge in [-0.2, -0.15) is 0 Å². The van der Waals surface area contributed by atoms with Gasteiger partial charge in [0.2, 0.25) is 0 Å². The molecule has 0 fully saturated rings. The van der Waals surface area contributed by atoms with Crippen molar-refractivity contribution < 1.29 is 9.18 Å². The molecule has 6 heteroatoms. The predicted octanol–water partition coefficient (Wildman–Crippen LogP) is 5.03. The Morgan fingerprint density at radius 3 is 2.33 bits per heavy atom. The number of nitrogens with one attached hydrogen (secondary N) is 1. The number of halogens is 3. The summed E-state index contributed by atoms with van der Waals surface area (Å²) in [5, 5.41) is 3.16. The lowest BCUT2D eigenvalue weighted by Crippen LogP contribution is -2.41. The second-order valence-electron chi connectivity index (χ2n) is 4.95. The molecule has 0 aliphatic carbocycles. The number of amides is 2. The predicted molar refractivity (Wildman–Crippen MR) is 85.5 cm³/mol. The van der Waals surface area contributed by atoms with Crippen LogP contribution in [0.15, 0.2) is 12.1 Å². The summed E-state index contributed by atoms with van der Waals surface area (Å²) in [4.78, 5) is 14.0. The van der Waals surface area contributed by atoms with Gasteiger partial charge in [-0.1, -0.05) is 37.0 Å². The van der Waals surface area contributed by atoms with Gasteiger partial charge in [-0.3, -0.25) is 0 Å². The van der Waals surface area contributed by atoms with E-state index in [-0.39, 0.29) is 11.1 Å². The van der Waals surface area contributed by atoms with Crippen LogP contribution in [0.3, 0.4) is 0 Å². The summed E-state index contributed by atoms with van der Waals surface area (Å²) in [6.45, 7) is 7.18. The Balaban J connectivity index is 2.82. The fraction of sp³-hybridized carbons (Fsp3) is 0.533. The van der Waals surface area contributed by atoms with Crippen molar-refractivity contribution in [2.75, 3.05) is 13.1 Å². The van der Waals surface area contributed by atoms with E-state index in [0.717, 1.165) is 12.8 Å². The highest BCUT2D eigenvalue weighted by Gasteiger charge is 2.18. The fourth-order valence-corrected chi connectivity index (χ4v) is 2.63. The minimum Gasteiger partial charge on any atom is -0.331 e. The molecule has 0 radical (unpaired) electrons. The maximum absolute atomic E-state index is 13.5. The lowest BCUT2D eigenvalue weighted by Gasteiger charge is -2.25. The van der Waals surface area contributed by atoms with Crippen LogP contribution < -0.4 is 5.32 Å². The average Bonchev–Trinajstić information content (AvgIpc) is 2.42. The number of urea groups is 1. The zero-order valence-electron chi connectivity index (χ0n) is 12.5. The van der Waals surface area contributed by atoms with E-state index < -0.39 is 11.9 Å². The van der Waals surface area contributed by atoms with E-state index >= 15 is 0 Å². The number of hydrogen-bond acceptors (Lipinski definition) is 1. The van der Waals surface area contributed by atoms with Crippen molar-refractivity contribution in [2.45, 2.75) is 39.7 Å². The number of nitrogens with zero attached hydrogens (tertiary/aromatic N) is 1.